The number of hydrogen-bond acceptors (Lipinski definition) is 5. The number of rotatable bonds is 6. The van der Waals surface area contributed by atoms with Crippen LogP contribution in [0.4, 0.5) is 0 Å². The van der Waals surface area contributed by atoms with Gasteiger partial charge in [-0.05, 0) is 13.8 Å². The highest BCUT2D eigenvalue weighted by Crippen LogP contribution is 2.21. The Morgan fingerprint density at radius 3 is 2.63 bits per heavy atom. The van der Waals surface area contributed by atoms with Gasteiger partial charge in [-0.25, -0.2) is 5.48 Å². The number of carbonyl (C=O) groups is 1. The third-order valence-electron chi connectivity index (χ3n) is 2.23. The van der Waals surface area contributed by atoms with E-state index < -0.39 is 5.97 Å². The summed E-state index contributed by atoms with van der Waals surface area (Å²) in [4.78, 5) is 18.7. The van der Waals surface area contributed by atoms with Gasteiger partial charge in [-0.15, -0.1) is 0 Å². The first kappa shape index (κ1) is 14.8. The van der Waals surface area contributed by atoms with Gasteiger partial charge in [0.25, 0.3) is 0 Å². The van der Waals surface area contributed by atoms with Gasteiger partial charge in [-0.2, -0.15) is 4.79 Å². The number of carbonyl (C=O) groups excluding carboxylic acids is 1. The van der Waals surface area contributed by atoms with Gasteiger partial charge in [-0.1, -0.05) is 0 Å². The van der Waals surface area contributed by atoms with E-state index in [1.807, 2.05) is 13.8 Å². The molecule has 7 heteroatoms. The van der Waals surface area contributed by atoms with Crippen molar-refractivity contribution in [3.8, 4) is 0 Å². The van der Waals surface area contributed by atoms with Crippen LogP contribution in [0.25, 0.3) is 5.53 Å². The SMILES string of the molecule is CCOC1=CC(NOC(C)=O)=C(OCC)CC1=[N+]=[N-]. The quantitative estimate of drug-likeness (QED) is 0.444. The third kappa shape index (κ3) is 4.15. The van der Waals surface area contributed by atoms with Crippen LogP contribution in [0.15, 0.2) is 23.3 Å². The van der Waals surface area contributed by atoms with Gasteiger partial charge >= 0.3 is 11.7 Å². The van der Waals surface area contributed by atoms with Crippen LogP contribution in [0.3, 0.4) is 0 Å². The highest BCUT2D eigenvalue weighted by Gasteiger charge is 2.28. The fraction of sp³-hybridized carbons (Fsp3) is 0.500. The number of nitrogens with zero attached hydrogens (tertiary/aromatic N) is 2. The van der Waals surface area contributed by atoms with E-state index in [0.717, 1.165) is 0 Å². The first-order chi connectivity index (χ1) is 9.12. The van der Waals surface area contributed by atoms with E-state index in [1.165, 1.54) is 6.92 Å². The molecule has 1 rings (SSSR count). The van der Waals surface area contributed by atoms with E-state index in [4.69, 9.17) is 19.8 Å². The Morgan fingerprint density at radius 1 is 1.42 bits per heavy atom. The normalized spacial score (nSPS) is 14.5. The Hall–Kier alpha value is -2.27. The highest BCUT2D eigenvalue weighted by molar-refractivity contribution is 5.97. The molecule has 0 saturated heterocycles. The Balaban J connectivity index is 3.02. The van der Waals surface area contributed by atoms with E-state index in [0.29, 0.717) is 36.1 Å². The van der Waals surface area contributed by atoms with Crippen molar-refractivity contribution in [1.82, 2.24) is 5.48 Å². The second kappa shape index (κ2) is 7.23. The van der Waals surface area contributed by atoms with Gasteiger partial charge in [0, 0.05) is 13.0 Å². The van der Waals surface area contributed by atoms with Crippen LogP contribution in [-0.2, 0) is 19.1 Å². The molecule has 0 aromatic carbocycles. The summed E-state index contributed by atoms with van der Waals surface area (Å²) in [7, 11) is 0. The lowest BCUT2D eigenvalue weighted by molar-refractivity contribution is -0.146. The summed E-state index contributed by atoms with van der Waals surface area (Å²) in [5.41, 5.74) is 12.3. The van der Waals surface area contributed by atoms with E-state index in [2.05, 4.69) is 10.3 Å². The molecule has 0 saturated carbocycles. The topological polar surface area (TPSA) is 93.2 Å². The van der Waals surface area contributed by atoms with Crippen molar-refractivity contribution in [1.29, 1.82) is 0 Å². The van der Waals surface area contributed by atoms with Crippen molar-refractivity contribution >= 4 is 11.7 Å². The molecule has 7 nitrogen and oxygen atoms in total. The van der Waals surface area contributed by atoms with Crippen molar-refractivity contribution in [2.45, 2.75) is 27.2 Å². The summed E-state index contributed by atoms with van der Waals surface area (Å²) in [6, 6.07) is 0. The Labute approximate surface area is 111 Å². The second-order valence-corrected chi connectivity index (χ2v) is 3.63. The van der Waals surface area contributed by atoms with E-state index in [-0.39, 0.29) is 6.42 Å². The van der Waals surface area contributed by atoms with E-state index in [1.54, 1.807) is 6.08 Å². The third-order valence-corrected chi connectivity index (χ3v) is 2.23. The maximum atomic E-state index is 10.8. The van der Waals surface area contributed by atoms with Crippen molar-refractivity contribution in [3.63, 3.8) is 0 Å². The van der Waals surface area contributed by atoms with Gasteiger partial charge in [0.2, 0.25) is 5.76 Å². The molecular weight excluding hydrogens is 250 g/mol. The smallest absolute Gasteiger partial charge is 0.341 e. The van der Waals surface area contributed by atoms with Gasteiger partial charge in [-0.3, -0.25) is 4.79 Å². The zero-order chi connectivity index (χ0) is 14.3. The number of allylic oxidation sites excluding steroid dienone is 3. The van der Waals surface area contributed by atoms with E-state index >= 15 is 0 Å². The molecule has 0 spiro atoms. The largest absolute Gasteiger partial charge is 0.495 e. The first-order valence-corrected chi connectivity index (χ1v) is 5.97. The highest BCUT2D eigenvalue weighted by atomic mass is 16.7. The zero-order valence-electron chi connectivity index (χ0n) is 11.2. The van der Waals surface area contributed by atoms with Gasteiger partial charge < -0.3 is 19.8 Å². The molecular formula is C12H17N3O4. The molecule has 0 atom stereocenters. The molecule has 0 aromatic rings. The minimum Gasteiger partial charge on any atom is -0.495 e. The van der Waals surface area contributed by atoms with Crippen LogP contribution in [0.1, 0.15) is 27.2 Å². The van der Waals surface area contributed by atoms with Crippen LogP contribution >= 0.6 is 0 Å². The Kier molecular flexibility index (Phi) is 5.63. The van der Waals surface area contributed by atoms with Crippen molar-refractivity contribution in [2.24, 2.45) is 0 Å². The number of ether oxygens (including phenoxy) is 2. The molecule has 0 fully saturated rings. The van der Waals surface area contributed by atoms with Crippen LogP contribution in [0.5, 0.6) is 0 Å². The lowest BCUT2D eigenvalue weighted by atomic mass is 10.1. The average Bonchev–Trinajstić information content (AvgIpc) is 2.38. The van der Waals surface area contributed by atoms with Crippen LogP contribution in [0.2, 0.25) is 0 Å². The predicted molar refractivity (Wildman–Crippen MR) is 66.5 cm³/mol. The predicted octanol–water partition coefficient (Wildman–Crippen LogP) is 1.30. The van der Waals surface area contributed by atoms with Gasteiger partial charge in [0.05, 0.1) is 13.2 Å². The monoisotopic (exact) mass is 267 g/mol. The standard InChI is InChI=1S/C12H17N3O4/c1-4-17-11-7-10(15-19-8(3)16)12(18-5-2)6-9(11)14-13/h7,15H,4-6H2,1-3H3. The lowest BCUT2D eigenvalue weighted by Crippen LogP contribution is -2.24. The lowest BCUT2D eigenvalue weighted by Gasteiger charge is -2.18. The molecule has 0 amide bonds. The van der Waals surface area contributed by atoms with Crippen LogP contribution in [0, 0.1) is 0 Å². The zero-order valence-corrected chi connectivity index (χ0v) is 11.2. The molecule has 0 radical (unpaired) electrons. The van der Waals surface area contributed by atoms with Crippen molar-refractivity contribution < 1.29 is 23.9 Å². The maximum absolute atomic E-state index is 10.8. The molecule has 0 aliphatic heterocycles. The first-order valence-electron chi connectivity index (χ1n) is 5.97. The summed E-state index contributed by atoms with van der Waals surface area (Å²) in [6.07, 6.45) is 1.82. The van der Waals surface area contributed by atoms with Crippen molar-refractivity contribution in [2.75, 3.05) is 13.2 Å². The van der Waals surface area contributed by atoms with E-state index in [9.17, 15) is 4.79 Å². The molecule has 0 aromatic heterocycles. The number of hydroxylamine groups is 1. The maximum Gasteiger partial charge on any atom is 0.341 e. The molecule has 1 aliphatic rings. The van der Waals surface area contributed by atoms with Crippen molar-refractivity contribution in [3.05, 3.63) is 28.8 Å². The second-order valence-electron chi connectivity index (χ2n) is 3.63. The van der Waals surface area contributed by atoms with Crippen LogP contribution in [-0.4, -0.2) is 29.7 Å². The summed E-state index contributed by atoms with van der Waals surface area (Å²) in [5.74, 6) is 0.444. The number of nitrogens with one attached hydrogen (secondary N) is 1. The molecule has 0 unspecified atom stereocenters. The van der Waals surface area contributed by atoms with Crippen LogP contribution < -0.4 is 5.48 Å². The van der Waals surface area contributed by atoms with Gasteiger partial charge in [0.1, 0.15) is 17.9 Å². The summed E-state index contributed by atoms with van der Waals surface area (Å²) < 4.78 is 10.8. The molecule has 19 heavy (non-hydrogen) atoms. The summed E-state index contributed by atoms with van der Waals surface area (Å²) in [5, 5.41) is 0. The molecule has 0 heterocycles. The fourth-order valence-corrected chi connectivity index (χ4v) is 1.51. The molecule has 1 N–H and O–H groups in total. The minimum atomic E-state index is -0.476. The Bertz CT molecular complexity index is 462. The summed E-state index contributed by atoms with van der Waals surface area (Å²) >= 11 is 0. The fourth-order valence-electron chi connectivity index (χ4n) is 1.51. The average molecular weight is 267 g/mol. The minimum absolute atomic E-state index is 0.250. The Morgan fingerprint density at radius 2 is 2.11 bits per heavy atom. The number of hydrogen-bond donors (Lipinski definition) is 1. The summed E-state index contributed by atoms with van der Waals surface area (Å²) in [6.45, 7) is 5.79. The molecule has 1 aliphatic carbocycles. The molecule has 104 valence electrons. The van der Waals surface area contributed by atoms with Gasteiger partial charge in [0.15, 0.2) is 0 Å². The molecule has 0 bridgehead atoms.